The molecule has 1 aromatic rings. The highest BCUT2D eigenvalue weighted by Gasteiger charge is 2.18. The second kappa shape index (κ2) is 6.80. The Morgan fingerprint density at radius 2 is 2.00 bits per heavy atom. The Hall–Kier alpha value is -1.23. The lowest BCUT2D eigenvalue weighted by Gasteiger charge is -2.11. The van der Waals surface area contributed by atoms with Crippen LogP contribution in [0.4, 0.5) is 5.69 Å². The summed E-state index contributed by atoms with van der Waals surface area (Å²) in [6, 6.07) is 4.79. The first-order valence-corrected chi connectivity index (χ1v) is 8.27. The molecule has 4 nitrogen and oxygen atoms in total. The highest BCUT2D eigenvalue weighted by atomic mass is 32.2. The number of sulfone groups is 1. The van der Waals surface area contributed by atoms with Crippen LogP contribution in [-0.2, 0) is 9.84 Å². The molecule has 108 valence electrons. The molecule has 0 heterocycles. The average molecular weight is 285 g/mol. The normalized spacial score (nSPS) is 11.8. The van der Waals surface area contributed by atoms with Crippen molar-refractivity contribution in [3.8, 4) is 5.75 Å². The summed E-state index contributed by atoms with van der Waals surface area (Å²) in [5.74, 6) is 1.17. The standard InChI is InChI=1S/C14H23NO3S/c1-4-18-12-7-8-13(15)14(10-12)19(16,17)9-5-6-11(2)3/h7-8,10-11H,4-6,9,15H2,1-3H3. The molecule has 0 aliphatic rings. The third-order valence-electron chi connectivity index (χ3n) is 2.83. The maximum Gasteiger partial charge on any atom is 0.180 e. The van der Waals surface area contributed by atoms with Crippen LogP contribution in [0.25, 0.3) is 0 Å². The number of ether oxygens (including phenoxy) is 1. The predicted octanol–water partition coefficient (Wildman–Crippen LogP) is 2.88. The average Bonchev–Trinajstić information content (AvgIpc) is 2.31. The number of anilines is 1. The second-order valence-corrected chi connectivity index (χ2v) is 7.07. The van der Waals surface area contributed by atoms with Crippen LogP contribution in [0.2, 0.25) is 0 Å². The van der Waals surface area contributed by atoms with Crippen LogP contribution in [-0.4, -0.2) is 20.8 Å². The molecule has 0 unspecified atom stereocenters. The lowest BCUT2D eigenvalue weighted by atomic mass is 10.1. The van der Waals surface area contributed by atoms with E-state index >= 15 is 0 Å². The van der Waals surface area contributed by atoms with E-state index in [1.807, 2.05) is 6.92 Å². The Morgan fingerprint density at radius 3 is 2.58 bits per heavy atom. The van der Waals surface area contributed by atoms with Gasteiger partial charge in [0.15, 0.2) is 9.84 Å². The lowest BCUT2D eigenvalue weighted by molar-refractivity contribution is 0.339. The highest BCUT2D eigenvalue weighted by molar-refractivity contribution is 7.91. The molecule has 0 aliphatic heterocycles. The van der Waals surface area contributed by atoms with E-state index in [4.69, 9.17) is 10.5 Å². The van der Waals surface area contributed by atoms with Crippen molar-refractivity contribution >= 4 is 15.5 Å². The van der Waals surface area contributed by atoms with Gasteiger partial charge in [-0.3, -0.25) is 0 Å². The van der Waals surface area contributed by atoms with Crippen LogP contribution in [0, 0.1) is 5.92 Å². The summed E-state index contributed by atoms with van der Waals surface area (Å²) in [6.45, 7) is 6.51. The number of nitrogen functional groups attached to an aromatic ring is 1. The molecule has 0 saturated heterocycles. The van der Waals surface area contributed by atoms with Gasteiger partial charge in [0.2, 0.25) is 0 Å². The van der Waals surface area contributed by atoms with Crippen molar-refractivity contribution in [2.24, 2.45) is 5.92 Å². The third kappa shape index (κ3) is 4.74. The molecule has 1 rings (SSSR count). The maximum atomic E-state index is 12.3. The van der Waals surface area contributed by atoms with Gasteiger partial charge in [-0.2, -0.15) is 0 Å². The fourth-order valence-corrected chi connectivity index (χ4v) is 3.32. The molecule has 1 aromatic carbocycles. The summed E-state index contributed by atoms with van der Waals surface area (Å²) >= 11 is 0. The van der Waals surface area contributed by atoms with Gasteiger partial charge in [-0.05, 0) is 37.8 Å². The Bertz CT molecular complexity index is 509. The van der Waals surface area contributed by atoms with Gasteiger partial charge < -0.3 is 10.5 Å². The first-order valence-electron chi connectivity index (χ1n) is 6.62. The molecule has 0 fully saturated rings. The van der Waals surface area contributed by atoms with E-state index in [1.54, 1.807) is 12.1 Å². The summed E-state index contributed by atoms with van der Waals surface area (Å²) in [7, 11) is -3.33. The predicted molar refractivity (Wildman–Crippen MR) is 78.1 cm³/mol. The van der Waals surface area contributed by atoms with Crippen molar-refractivity contribution in [1.82, 2.24) is 0 Å². The van der Waals surface area contributed by atoms with Crippen molar-refractivity contribution in [3.05, 3.63) is 18.2 Å². The highest BCUT2D eigenvalue weighted by Crippen LogP contribution is 2.26. The van der Waals surface area contributed by atoms with Gasteiger partial charge in [0, 0.05) is 6.07 Å². The summed E-state index contributed by atoms with van der Waals surface area (Å²) in [4.78, 5) is 0.183. The molecule has 19 heavy (non-hydrogen) atoms. The van der Waals surface area contributed by atoms with Crippen LogP contribution in [0.3, 0.4) is 0 Å². The summed E-state index contributed by atoms with van der Waals surface area (Å²) < 4.78 is 29.8. The van der Waals surface area contributed by atoms with Crippen molar-refractivity contribution < 1.29 is 13.2 Å². The first-order chi connectivity index (χ1) is 8.86. The van der Waals surface area contributed by atoms with Gasteiger partial charge >= 0.3 is 0 Å². The van der Waals surface area contributed by atoms with E-state index in [0.29, 0.717) is 24.7 Å². The molecule has 0 saturated carbocycles. The van der Waals surface area contributed by atoms with Gasteiger partial charge in [0.05, 0.1) is 22.9 Å². The lowest BCUT2D eigenvalue weighted by Crippen LogP contribution is -2.10. The molecule has 0 amide bonds. The Morgan fingerprint density at radius 1 is 1.32 bits per heavy atom. The van der Waals surface area contributed by atoms with Crippen LogP contribution in [0.5, 0.6) is 5.75 Å². The molecule has 0 bridgehead atoms. The number of hydrogen-bond donors (Lipinski definition) is 1. The summed E-state index contributed by atoms with van der Waals surface area (Å²) in [5, 5.41) is 0. The molecule has 0 radical (unpaired) electrons. The fraction of sp³-hybridized carbons (Fsp3) is 0.571. The Kier molecular flexibility index (Phi) is 5.66. The zero-order valence-corrected chi connectivity index (χ0v) is 12.7. The van der Waals surface area contributed by atoms with Crippen molar-refractivity contribution in [3.63, 3.8) is 0 Å². The Labute approximate surface area is 115 Å². The number of benzene rings is 1. The fourth-order valence-electron chi connectivity index (χ4n) is 1.83. The van der Waals surface area contributed by atoms with Gasteiger partial charge in [-0.25, -0.2) is 8.42 Å². The smallest absolute Gasteiger partial charge is 0.180 e. The van der Waals surface area contributed by atoms with E-state index in [-0.39, 0.29) is 16.3 Å². The quantitative estimate of drug-likeness (QED) is 0.782. The topological polar surface area (TPSA) is 69.4 Å². The molecule has 0 aliphatic carbocycles. The Balaban J connectivity index is 2.90. The first kappa shape index (κ1) is 15.8. The second-order valence-electron chi connectivity index (χ2n) is 4.99. The molecule has 0 aromatic heterocycles. The van der Waals surface area contributed by atoms with E-state index in [1.165, 1.54) is 6.07 Å². The maximum absolute atomic E-state index is 12.3. The van der Waals surface area contributed by atoms with Crippen LogP contribution in [0.15, 0.2) is 23.1 Å². The van der Waals surface area contributed by atoms with Gasteiger partial charge in [-0.1, -0.05) is 13.8 Å². The molecular formula is C14H23NO3S. The van der Waals surface area contributed by atoms with E-state index in [9.17, 15) is 8.42 Å². The zero-order chi connectivity index (χ0) is 14.5. The van der Waals surface area contributed by atoms with Crippen molar-refractivity contribution in [1.29, 1.82) is 0 Å². The van der Waals surface area contributed by atoms with Crippen molar-refractivity contribution in [2.75, 3.05) is 18.1 Å². The number of nitrogens with two attached hydrogens (primary N) is 1. The monoisotopic (exact) mass is 285 g/mol. The minimum atomic E-state index is -3.33. The minimum absolute atomic E-state index is 0.130. The van der Waals surface area contributed by atoms with Gasteiger partial charge in [0.1, 0.15) is 5.75 Å². The van der Waals surface area contributed by atoms with Crippen LogP contribution >= 0.6 is 0 Å². The van der Waals surface area contributed by atoms with Gasteiger partial charge in [-0.15, -0.1) is 0 Å². The molecule has 0 spiro atoms. The minimum Gasteiger partial charge on any atom is -0.494 e. The number of hydrogen-bond acceptors (Lipinski definition) is 4. The summed E-state index contributed by atoms with van der Waals surface area (Å²) in [6.07, 6.45) is 1.54. The molecule has 5 heteroatoms. The zero-order valence-electron chi connectivity index (χ0n) is 11.8. The summed E-state index contributed by atoms with van der Waals surface area (Å²) in [5.41, 5.74) is 6.05. The van der Waals surface area contributed by atoms with Crippen molar-refractivity contribution in [2.45, 2.75) is 38.5 Å². The van der Waals surface area contributed by atoms with E-state index in [0.717, 1.165) is 6.42 Å². The SMILES string of the molecule is CCOc1ccc(N)c(S(=O)(=O)CCCC(C)C)c1. The molecule has 2 N–H and O–H groups in total. The van der Waals surface area contributed by atoms with E-state index in [2.05, 4.69) is 13.8 Å². The molecular weight excluding hydrogens is 262 g/mol. The van der Waals surface area contributed by atoms with Gasteiger partial charge in [0.25, 0.3) is 0 Å². The van der Waals surface area contributed by atoms with Crippen LogP contribution in [0.1, 0.15) is 33.6 Å². The van der Waals surface area contributed by atoms with E-state index < -0.39 is 9.84 Å². The molecule has 0 atom stereocenters. The number of rotatable bonds is 7. The largest absolute Gasteiger partial charge is 0.494 e. The third-order valence-corrected chi connectivity index (χ3v) is 4.68. The van der Waals surface area contributed by atoms with Crippen LogP contribution < -0.4 is 10.5 Å².